The number of esters is 1. The monoisotopic (exact) mass is 320 g/mol. The number of benzene rings is 1. The molecule has 0 bridgehead atoms. The third kappa shape index (κ3) is 4.33. The second-order valence-electron chi connectivity index (χ2n) is 7.08. The van der Waals surface area contributed by atoms with Gasteiger partial charge >= 0.3 is 5.97 Å². The van der Waals surface area contributed by atoms with Gasteiger partial charge in [-0.1, -0.05) is 43.2 Å². The number of carbonyl (C=O) groups is 1. The molecule has 23 heavy (non-hydrogen) atoms. The molecule has 1 aromatic rings. The quantitative estimate of drug-likeness (QED) is 0.749. The molecule has 0 radical (unpaired) electrons. The lowest BCUT2D eigenvalue weighted by Gasteiger charge is -2.33. The number of aliphatic hydroxyl groups is 1. The van der Waals surface area contributed by atoms with Crippen LogP contribution in [0.2, 0.25) is 0 Å². The van der Waals surface area contributed by atoms with E-state index < -0.39 is 11.6 Å². The van der Waals surface area contributed by atoms with Crippen LogP contribution in [0.25, 0.3) is 0 Å². The summed E-state index contributed by atoms with van der Waals surface area (Å²) in [4.78, 5) is 14.1. The third-order valence-electron chi connectivity index (χ3n) is 4.83. The molecule has 2 unspecified atom stereocenters. The predicted octanol–water partition coefficient (Wildman–Crippen LogP) is 1.53. The van der Waals surface area contributed by atoms with Crippen LogP contribution in [-0.2, 0) is 15.1 Å². The van der Waals surface area contributed by atoms with E-state index in [1.807, 2.05) is 37.3 Å². The van der Waals surface area contributed by atoms with Crippen LogP contribution in [0.4, 0.5) is 0 Å². The molecule has 1 aliphatic carbocycles. The summed E-state index contributed by atoms with van der Waals surface area (Å²) in [7, 11) is 4.15. The first-order valence-corrected chi connectivity index (χ1v) is 8.72. The Morgan fingerprint density at radius 1 is 1.30 bits per heavy atom. The molecule has 2 atom stereocenters. The smallest absolute Gasteiger partial charge is 0.343 e. The maximum atomic E-state index is 12.8. The molecule has 128 valence electrons. The molecule has 4 nitrogen and oxygen atoms in total. The summed E-state index contributed by atoms with van der Waals surface area (Å²) in [5.41, 5.74) is -0.862. The summed E-state index contributed by atoms with van der Waals surface area (Å²) in [5.74, 6) is -0.541. The van der Waals surface area contributed by atoms with Crippen molar-refractivity contribution in [2.24, 2.45) is 5.92 Å². The fourth-order valence-corrected chi connectivity index (χ4v) is 3.38. The van der Waals surface area contributed by atoms with Crippen molar-refractivity contribution >= 4 is 5.97 Å². The minimum atomic E-state index is -1.52. The van der Waals surface area contributed by atoms with Crippen LogP contribution in [0.1, 0.15) is 44.6 Å². The molecule has 1 aromatic carbocycles. The first-order valence-electron chi connectivity index (χ1n) is 8.72. The molecule has 2 rings (SSSR count). The van der Waals surface area contributed by atoms with E-state index in [9.17, 15) is 9.90 Å². The van der Waals surface area contributed by atoms with Gasteiger partial charge in [-0.25, -0.2) is 4.79 Å². The number of hydrogen-bond donors (Lipinski definition) is 2. The summed E-state index contributed by atoms with van der Waals surface area (Å²) < 4.78 is 5.63. The zero-order valence-electron chi connectivity index (χ0n) is 14.5. The molecule has 1 fully saturated rings. The molecule has 4 heteroatoms. The fraction of sp³-hybridized carbons (Fsp3) is 0.632. The molecule has 0 aromatic heterocycles. The van der Waals surface area contributed by atoms with Crippen molar-refractivity contribution in [1.29, 1.82) is 0 Å². The van der Waals surface area contributed by atoms with Crippen molar-refractivity contribution in [1.82, 2.24) is 0 Å². The Hall–Kier alpha value is -1.39. The van der Waals surface area contributed by atoms with Crippen LogP contribution in [0, 0.1) is 5.92 Å². The van der Waals surface area contributed by atoms with Crippen molar-refractivity contribution in [3.05, 3.63) is 35.9 Å². The third-order valence-corrected chi connectivity index (χ3v) is 4.83. The van der Waals surface area contributed by atoms with E-state index in [1.54, 1.807) is 0 Å². The van der Waals surface area contributed by atoms with Gasteiger partial charge in [0.05, 0.1) is 20.6 Å². The summed E-state index contributed by atoms with van der Waals surface area (Å²) in [6.45, 7) is 2.84. The summed E-state index contributed by atoms with van der Waals surface area (Å²) in [6, 6.07) is 9.28. The maximum Gasteiger partial charge on any atom is 0.343 e. The van der Waals surface area contributed by atoms with Crippen LogP contribution < -0.4 is 4.90 Å². The zero-order valence-corrected chi connectivity index (χ0v) is 14.5. The lowest BCUT2D eigenvalue weighted by atomic mass is 9.80. The summed E-state index contributed by atoms with van der Waals surface area (Å²) in [6.07, 6.45) is 4.48. The molecule has 1 saturated carbocycles. The van der Waals surface area contributed by atoms with Gasteiger partial charge in [0.2, 0.25) is 0 Å². The van der Waals surface area contributed by atoms with Crippen molar-refractivity contribution in [2.75, 3.05) is 20.6 Å². The van der Waals surface area contributed by atoms with Crippen molar-refractivity contribution < 1.29 is 19.5 Å². The molecular formula is C19H30NO3+. The Bertz CT molecular complexity index is 497. The molecule has 2 N–H and O–H groups in total. The van der Waals surface area contributed by atoms with Crippen LogP contribution in [0.3, 0.4) is 0 Å². The topological polar surface area (TPSA) is 51.0 Å². The van der Waals surface area contributed by atoms with E-state index in [0.29, 0.717) is 5.56 Å². The highest BCUT2D eigenvalue weighted by Gasteiger charge is 2.48. The number of nitrogens with one attached hydrogen (secondary N) is 1. The van der Waals surface area contributed by atoms with Crippen LogP contribution in [0.15, 0.2) is 30.3 Å². The van der Waals surface area contributed by atoms with Crippen LogP contribution >= 0.6 is 0 Å². The molecule has 0 saturated heterocycles. The highest BCUT2D eigenvalue weighted by atomic mass is 16.6. The number of hydrogen-bond acceptors (Lipinski definition) is 3. The van der Waals surface area contributed by atoms with Gasteiger partial charge in [0, 0.05) is 12.3 Å². The van der Waals surface area contributed by atoms with Crippen molar-refractivity contribution in [3.8, 4) is 0 Å². The van der Waals surface area contributed by atoms with Gasteiger partial charge in [-0.15, -0.1) is 0 Å². The molecular weight excluding hydrogens is 290 g/mol. The zero-order chi connectivity index (χ0) is 16.9. The summed E-state index contributed by atoms with van der Waals surface area (Å²) >= 11 is 0. The van der Waals surface area contributed by atoms with Gasteiger partial charge in [-0.05, 0) is 25.3 Å². The summed E-state index contributed by atoms with van der Waals surface area (Å²) in [5, 5.41) is 11.3. The highest BCUT2D eigenvalue weighted by molar-refractivity contribution is 5.81. The predicted molar refractivity (Wildman–Crippen MR) is 90.1 cm³/mol. The lowest BCUT2D eigenvalue weighted by molar-refractivity contribution is -0.858. The Morgan fingerprint density at radius 3 is 2.48 bits per heavy atom. The van der Waals surface area contributed by atoms with Gasteiger partial charge in [0.25, 0.3) is 0 Å². The van der Waals surface area contributed by atoms with Gasteiger partial charge in [0.1, 0.15) is 6.10 Å². The minimum Gasteiger partial charge on any atom is -0.460 e. The van der Waals surface area contributed by atoms with E-state index in [1.165, 1.54) is 4.90 Å². The van der Waals surface area contributed by atoms with E-state index in [-0.39, 0.29) is 12.0 Å². The largest absolute Gasteiger partial charge is 0.460 e. The second kappa shape index (κ2) is 7.93. The standard InChI is InChI=1S/C19H29NO3/c1-15(13-14-20(2)3)23-18(21)19(22,17-11-7-8-12-17)16-9-5-4-6-10-16/h4-6,9-10,15,17,22H,7-8,11-14H2,1-3H3/p+1. The molecule has 0 aliphatic heterocycles. The van der Waals surface area contributed by atoms with Gasteiger partial charge in [-0.2, -0.15) is 0 Å². The second-order valence-corrected chi connectivity index (χ2v) is 7.08. The first kappa shape index (κ1) is 18.0. The van der Waals surface area contributed by atoms with Gasteiger partial charge in [0.15, 0.2) is 5.60 Å². The normalized spacial score (nSPS) is 19.5. The number of ether oxygens (including phenoxy) is 1. The molecule has 0 heterocycles. The van der Waals surface area contributed by atoms with E-state index in [4.69, 9.17) is 4.74 Å². The number of rotatable bonds is 7. The van der Waals surface area contributed by atoms with E-state index in [0.717, 1.165) is 38.6 Å². The molecule has 0 amide bonds. The Kier molecular flexibility index (Phi) is 6.19. The first-order chi connectivity index (χ1) is 10.9. The lowest BCUT2D eigenvalue weighted by Crippen LogP contribution is -3.05. The molecule has 0 spiro atoms. The Balaban J connectivity index is 2.15. The van der Waals surface area contributed by atoms with Gasteiger partial charge in [-0.3, -0.25) is 0 Å². The number of quaternary nitrogens is 1. The Labute approximate surface area is 139 Å². The SMILES string of the molecule is CC(CC[NH+](C)C)OC(=O)C(O)(c1ccccc1)C1CCCC1. The van der Waals surface area contributed by atoms with E-state index in [2.05, 4.69) is 14.1 Å². The Morgan fingerprint density at radius 2 is 1.91 bits per heavy atom. The average Bonchev–Trinajstić information content (AvgIpc) is 3.07. The van der Waals surface area contributed by atoms with Crippen LogP contribution in [-0.4, -0.2) is 37.8 Å². The van der Waals surface area contributed by atoms with E-state index >= 15 is 0 Å². The maximum absolute atomic E-state index is 12.8. The van der Waals surface area contributed by atoms with Gasteiger partial charge < -0.3 is 14.7 Å². The van der Waals surface area contributed by atoms with Crippen LogP contribution in [0.5, 0.6) is 0 Å². The fourth-order valence-electron chi connectivity index (χ4n) is 3.38. The minimum absolute atomic E-state index is 0.0518. The number of carbonyl (C=O) groups excluding carboxylic acids is 1. The molecule has 1 aliphatic rings. The van der Waals surface area contributed by atoms with Crippen molar-refractivity contribution in [2.45, 2.75) is 50.7 Å². The highest BCUT2D eigenvalue weighted by Crippen LogP contribution is 2.41. The van der Waals surface area contributed by atoms with Crippen molar-refractivity contribution in [3.63, 3.8) is 0 Å². The average molecular weight is 320 g/mol.